The zero-order valence-corrected chi connectivity index (χ0v) is 15.8. The van der Waals surface area contributed by atoms with Crippen molar-refractivity contribution in [1.29, 1.82) is 0 Å². The number of furan rings is 1. The number of carbonyl (C=O) groups is 2. The number of ether oxygens (including phenoxy) is 1. The summed E-state index contributed by atoms with van der Waals surface area (Å²) >= 11 is 0.859. The zero-order valence-electron chi connectivity index (χ0n) is 15.0. The molecule has 0 aliphatic carbocycles. The lowest BCUT2D eigenvalue weighted by Gasteiger charge is -2.11. The molecule has 4 rings (SSSR count). The van der Waals surface area contributed by atoms with E-state index in [1.165, 1.54) is 0 Å². The van der Waals surface area contributed by atoms with Crippen LogP contribution in [0.25, 0.3) is 28.2 Å². The van der Waals surface area contributed by atoms with Crippen LogP contribution >= 0.6 is 11.8 Å². The molecule has 0 atom stereocenters. The molecule has 3 heterocycles. The summed E-state index contributed by atoms with van der Waals surface area (Å²) in [7, 11) is 1.66. The summed E-state index contributed by atoms with van der Waals surface area (Å²) in [5.41, 5.74) is 4.55. The lowest BCUT2D eigenvalue weighted by molar-refractivity contribution is -0.115. The Bertz CT molecular complexity index is 1110. The molecule has 1 N–H and O–H groups in total. The van der Waals surface area contributed by atoms with Crippen molar-refractivity contribution in [3.8, 4) is 16.9 Å². The number of nitrogens with one attached hydrogen (secondary N) is 1. The topological polar surface area (TPSA) is 81.4 Å². The molecule has 0 radical (unpaired) electrons. The van der Waals surface area contributed by atoms with Gasteiger partial charge in [0.25, 0.3) is 11.1 Å². The Balaban J connectivity index is 1.82. The molecule has 136 valence electrons. The summed E-state index contributed by atoms with van der Waals surface area (Å²) in [6.07, 6.45) is 5.03. The molecule has 0 bridgehead atoms. The number of methoxy groups -OCH3 is 1. The first-order chi connectivity index (χ1) is 13.0. The molecular weight excluding hydrogens is 364 g/mol. The van der Waals surface area contributed by atoms with Gasteiger partial charge in [0.2, 0.25) is 0 Å². The minimum Gasteiger partial charge on any atom is -0.496 e. The van der Waals surface area contributed by atoms with Gasteiger partial charge in [-0.1, -0.05) is 0 Å². The average molecular weight is 380 g/mol. The van der Waals surface area contributed by atoms with E-state index in [9.17, 15) is 9.59 Å². The Labute approximate surface area is 159 Å². The smallest absolute Gasteiger partial charge is 0.290 e. The van der Waals surface area contributed by atoms with E-state index in [0.29, 0.717) is 16.2 Å². The number of rotatable bonds is 3. The number of imide groups is 1. The molecule has 6 nitrogen and oxygen atoms in total. The number of amides is 2. The Hall–Kier alpha value is -3.06. The number of hydrogen-bond acceptors (Lipinski definition) is 6. The third-order valence-electron chi connectivity index (χ3n) is 4.33. The van der Waals surface area contributed by atoms with Crippen molar-refractivity contribution in [2.45, 2.75) is 13.8 Å². The van der Waals surface area contributed by atoms with Gasteiger partial charge in [-0.3, -0.25) is 19.9 Å². The van der Waals surface area contributed by atoms with E-state index in [1.54, 1.807) is 31.6 Å². The molecule has 7 heteroatoms. The van der Waals surface area contributed by atoms with Crippen LogP contribution in [-0.4, -0.2) is 23.2 Å². The van der Waals surface area contributed by atoms with E-state index >= 15 is 0 Å². The predicted octanol–water partition coefficient (Wildman–Crippen LogP) is 4.44. The zero-order chi connectivity index (χ0) is 19.1. The van der Waals surface area contributed by atoms with Gasteiger partial charge in [0.1, 0.15) is 17.1 Å². The second-order valence-corrected chi connectivity index (χ2v) is 7.26. The highest BCUT2D eigenvalue weighted by molar-refractivity contribution is 8.18. The molecule has 0 unspecified atom stereocenters. The molecule has 27 heavy (non-hydrogen) atoms. The van der Waals surface area contributed by atoms with Crippen LogP contribution in [0.1, 0.15) is 16.9 Å². The van der Waals surface area contributed by atoms with Crippen molar-refractivity contribution >= 4 is 40.0 Å². The van der Waals surface area contributed by atoms with Crippen molar-refractivity contribution < 1.29 is 18.7 Å². The van der Waals surface area contributed by atoms with E-state index in [4.69, 9.17) is 9.15 Å². The minimum absolute atomic E-state index is 0.310. The number of hydrogen-bond donors (Lipinski definition) is 1. The van der Waals surface area contributed by atoms with Gasteiger partial charge >= 0.3 is 0 Å². The number of aromatic nitrogens is 1. The second-order valence-electron chi connectivity index (χ2n) is 6.25. The van der Waals surface area contributed by atoms with Crippen molar-refractivity contribution in [2.24, 2.45) is 0 Å². The highest BCUT2D eigenvalue weighted by Gasteiger charge is 2.25. The van der Waals surface area contributed by atoms with E-state index in [2.05, 4.69) is 10.3 Å². The van der Waals surface area contributed by atoms with Gasteiger partial charge in [-0.05, 0) is 60.5 Å². The van der Waals surface area contributed by atoms with Crippen molar-refractivity contribution in [2.75, 3.05) is 7.11 Å². The lowest BCUT2D eigenvalue weighted by atomic mass is 10.00. The Morgan fingerprint density at radius 2 is 1.89 bits per heavy atom. The highest BCUT2D eigenvalue weighted by atomic mass is 32.2. The summed E-state index contributed by atoms with van der Waals surface area (Å²) in [5.74, 6) is 0.941. The predicted molar refractivity (Wildman–Crippen MR) is 105 cm³/mol. The quantitative estimate of drug-likeness (QED) is 0.677. The van der Waals surface area contributed by atoms with E-state index in [0.717, 1.165) is 45.2 Å². The lowest BCUT2D eigenvalue weighted by Crippen LogP contribution is -2.17. The Kier molecular flexibility index (Phi) is 4.24. The number of nitrogens with zero attached hydrogens (tertiary/aromatic N) is 1. The normalized spacial score (nSPS) is 15.6. The van der Waals surface area contributed by atoms with Gasteiger partial charge in [0, 0.05) is 29.4 Å². The first-order valence-corrected chi connectivity index (χ1v) is 9.06. The highest BCUT2D eigenvalue weighted by Crippen LogP contribution is 2.35. The fourth-order valence-electron chi connectivity index (χ4n) is 3.24. The van der Waals surface area contributed by atoms with Crippen molar-refractivity contribution in [3.63, 3.8) is 0 Å². The summed E-state index contributed by atoms with van der Waals surface area (Å²) in [6, 6.07) is 5.86. The first-order valence-electron chi connectivity index (χ1n) is 8.24. The summed E-state index contributed by atoms with van der Waals surface area (Å²) in [4.78, 5) is 27.7. The molecule has 3 aromatic rings. The molecule has 2 aromatic heterocycles. The van der Waals surface area contributed by atoms with Crippen LogP contribution in [0.3, 0.4) is 0 Å². The molecular formula is C20H16N2O4S. The number of fused-ring (bicyclic) bond motifs is 1. The molecule has 0 spiro atoms. The Morgan fingerprint density at radius 3 is 2.52 bits per heavy atom. The average Bonchev–Trinajstić information content (AvgIpc) is 3.16. The van der Waals surface area contributed by atoms with Gasteiger partial charge in [-0.2, -0.15) is 0 Å². The maximum atomic E-state index is 11.7. The maximum Gasteiger partial charge on any atom is 0.290 e. The fraction of sp³-hybridized carbons (Fsp3) is 0.150. The van der Waals surface area contributed by atoms with E-state index < -0.39 is 5.91 Å². The molecule has 1 aliphatic heterocycles. The third kappa shape index (κ3) is 3.10. The van der Waals surface area contributed by atoms with Crippen LogP contribution in [0.2, 0.25) is 0 Å². The monoisotopic (exact) mass is 380 g/mol. The molecule has 1 fully saturated rings. The molecule has 1 saturated heterocycles. The number of pyridine rings is 1. The van der Waals surface area contributed by atoms with E-state index in [-0.39, 0.29) is 5.24 Å². The number of aryl methyl sites for hydroxylation is 2. The molecule has 0 saturated carbocycles. The van der Waals surface area contributed by atoms with Crippen LogP contribution < -0.4 is 10.1 Å². The van der Waals surface area contributed by atoms with Crippen LogP contribution in [0.5, 0.6) is 5.75 Å². The standard InChI is InChI=1S/C20H16N2O4S/c1-10-4-12(5-11(2)17(10)25-3)15-9-21-8-13-6-14(26-18(13)15)7-16-19(23)22-20(24)27-16/h4-9H,1-3H3,(H,22,23,24)/b16-7-. The number of benzene rings is 1. The maximum absolute atomic E-state index is 11.7. The fourth-order valence-corrected chi connectivity index (χ4v) is 3.90. The molecule has 1 aromatic carbocycles. The summed E-state index contributed by atoms with van der Waals surface area (Å²) < 4.78 is 11.4. The van der Waals surface area contributed by atoms with Crippen LogP contribution in [0.4, 0.5) is 4.79 Å². The van der Waals surface area contributed by atoms with Crippen LogP contribution in [-0.2, 0) is 4.79 Å². The van der Waals surface area contributed by atoms with Gasteiger partial charge in [0.15, 0.2) is 0 Å². The van der Waals surface area contributed by atoms with Crippen molar-refractivity contribution in [1.82, 2.24) is 10.3 Å². The first kappa shape index (κ1) is 17.4. The number of thioether (sulfide) groups is 1. The van der Waals surface area contributed by atoms with Crippen LogP contribution in [0, 0.1) is 13.8 Å². The Morgan fingerprint density at radius 1 is 1.15 bits per heavy atom. The molecule has 2 amide bonds. The van der Waals surface area contributed by atoms with Crippen molar-refractivity contribution in [3.05, 3.63) is 52.4 Å². The number of carbonyl (C=O) groups excluding carboxylic acids is 2. The van der Waals surface area contributed by atoms with Gasteiger partial charge < -0.3 is 9.15 Å². The van der Waals surface area contributed by atoms with Gasteiger partial charge in [0.05, 0.1) is 12.0 Å². The summed E-state index contributed by atoms with van der Waals surface area (Å²) in [6.45, 7) is 3.99. The molecule has 1 aliphatic rings. The van der Waals surface area contributed by atoms with Crippen LogP contribution in [0.15, 0.2) is 39.9 Å². The van der Waals surface area contributed by atoms with Gasteiger partial charge in [-0.25, -0.2) is 0 Å². The van der Waals surface area contributed by atoms with E-state index in [1.807, 2.05) is 26.0 Å². The third-order valence-corrected chi connectivity index (χ3v) is 5.14. The second kappa shape index (κ2) is 6.59. The summed E-state index contributed by atoms with van der Waals surface area (Å²) in [5, 5.41) is 2.67. The van der Waals surface area contributed by atoms with Gasteiger partial charge in [-0.15, -0.1) is 0 Å². The minimum atomic E-state index is -0.412. The SMILES string of the molecule is COc1c(C)cc(-c2cncc3cc(/C=C4\SC(=O)NC4=O)oc23)cc1C. The largest absolute Gasteiger partial charge is 0.496 e.